The lowest BCUT2D eigenvalue weighted by atomic mass is 10.1. The molecule has 32 heavy (non-hydrogen) atoms. The van der Waals surface area contributed by atoms with Gasteiger partial charge in [0.05, 0.1) is 23.3 Å². The fourth-order valence-electron chi connectivity index (χ4n) is 2.97. The number of alkyl halides is 3. The molecule has 2 rings (SSSR count). The molecule has 1 aromatic heterocycles. The SMILES string of the molecule is CCOC(=O)/C=C(\NC(=O)NC(C)(C)C)N1CCN(c2ncc(C(F)(F)F)cc2Cl)CC1. The summed E-state index contributed by atoms with van der Waals surface area (Å²) in [4.78, 5) is 31.7. The topological polar surface area (TPSA) is 86.8 Å². The minimum atomic E-state index is -4.53. The largest absolute Gasteiger partial charge is 0.463 e. The van der Waals surface area contributed by atoms with Gasteiger partial charge in [-0.2, -0.15) is 13.2 Å². The molecule has 12 heteroatoms. The van der Waals surface area contributed by atoms with Crippen LogP contribution in [0.5, 0.6) is 0 Å². The van der Waals surface area contributed by atoms with E-state index in [1.165, 1.54) is 6.08 Å². The summed E-state index contributed by atoms with van der Waals surface area (Å²) in [6.07, 6.45) is -2.58. The van der Waals surface area contributed by atoms with Crippen LogP contribution in [-0.4, -0.2) is 60.2 Å². The molecule has 1 aliphatic rings. The second-order valence-corrected chi connectivity index (χ2v) is 8.52. The Kier molecular flexibility index (Phi) is 8.22. The maximum Gasteiger partial charge on any atom is 0.417 e. The van der Waals surface area contributed by atoms with Crippen molar-refractivity contribution >= 4 is 29.4 Å². The third-order valence-electron chi connectivity index (χ3n) is 4.34. The predicted octanol–water partition coefficient (Wildman–Crippen LogP) is 3.38. The number of anilines is 1. The molecule has 0 atom stereocenters. The number of carbonyl (C=O) groups is 2. The van der Waals surface area contributed by atoms with Crippen molar-refractivity contribution in [2.45, 2.75) is 39.4 Å². The normalized spacial score (nSPS) is 15.4. The lowest BCUT2D eigenvalue weighted by molar-refractivity contribution is -0.138. The van der Waals surface area contributed by atoms with Gasteiger partial charge in [0.2, 0.25) is 0 Å². The monoisotopic (exact) mass is 477 g/mol. The molecule has 1 saturated heterocycles. The van der Waals surface area contributed by atoms with Gasteiger partial charge in [0.25, 0.3) is 0 Å². The molecule has 178 valence electrons. The van der Waals surface area contributed by atoms with Crippen LogP contribution in [-0.2, 0) is 15.7 Å². The van der Waals surface area contributed by atoms with E-state index in [2.05, 4.69) is 15.6 Å². The maximum atomic E-state index is 12.8. The number of urea groups is 1. The number of nitrogens with one attached hydrogen (secondary N) is 2. The predicted molar refractivity (Wildman–Crippen MR) is 114 cm³/mol. The van der Waals surface area contributed by atoms with E-state index in [4.69, 9.17) is 16.3 Å². The van der Waals surface area contributed by atoms with E-state index >= 15 is 0 Å². The lowest BCUT2D eigenvalue weighted by Crippen LogP contribution is -2.52. The van der Waals surface area contributed by atoms with Crippen molar-refractivity contribution in [1.29, 1.82) is 0 Å². The quantitative estimate of drug-likeness (QED) is 0.499. The van der Waals surface area contributed by atoms with Gasteiger partial charge in [-0.25, -0.2) is 14.6 Å². The summed E-state index contributed by atoms with van der Waals surface area (Å²) in [7, 11) is 0. The molecule has 0 bridgehead atoms. The molecule has 0 unspecified atom stereocenters. The Bertz CT molecular complexity index is 863. The van der Waals surface area contributed by atoms with Crippen molar-refractivity contribution in [1.82, 2.24) is 20.5 Å². The molecule has 2 amide bonds. The van der Waals surface area contributed by atoms with Gasteiger partial charge >= 0.3 is 18.2 Å². The van der Waals surface area contributed by atoms with Crippen LogP contribution in [0.2, 0.25) is 5.02 Å². The van der Waals surface area contributed by atoms with Crippen LogP contribution in [0.15, 0.2) is 24.2 Å². The molecule has 2 heterocycles. The summed E-state index contributed by atoms with van der Waals surface area (Å²) in [6.45, 7) is 8.76. The summed E-state index contributed by atoms with van der Waals surface area (Å²) in [5.74, 6) is -0.0987. The molecule has 1 aliphatic heterocycles. The maximum absolute atomic E-state index is 12.8. The van der Waals surface area contributed by atoms with Crippen LogP contribution in [0.3, 0.4) is 0 Å². The van der Waals surface area contributed by atoms with Crippen molar-refractivity contribution in [2.24, 2.45) is 0 Å². The van der Waals surface area contributed by atoms with Gasteiger partial charge in [-0.1, -0.05) is 11.6 Å². The molecule has 1 aromatic rings. The molecule has 0 radical (unpaired) electrons. The van der Waals surface area contributed by atoms with Crippen LogP contribution in [0.25, 0.3) is 0 Å². The van der Waals surface area contributed by atoms with Crippen LogP contribution in [0.4, 0.5) is 23.8 Å². The van der Waals surface area contributed by atoms with Crippen molar-refractivity contribution in [3.05, 3.63) is 34.7 Å². The summed E-state index contributed by atoms with van der Waals surface area (Å²) in [5.41, 5.74) is -1.40. The van der Waals surface area contributed by atoms with Gasteiger partial charge < -0.3 is 19.9 Å². The van der Waals surface area contributed by atoms with Crippen LogP contribution < -0.4 is 15.5 Å². The number of hydrogen-bond donors (Lipinski definition) is 2. The zero-order valence-electron chi connectivity index (χ0n) is 18.3. The first-order valence-corrected chi connectivity index (χ1v) is 10.4. The highest BCUT2D eigenvalue weighted by Crippen LogP contribution is 2.33. The highest BCUT2D eigenvalue weighted by molar-refractivity contribution is 6.33. The molecule has 0 aromatic carbocycles. The third kappa shape index (κ3) is 7.47. The Balaban J connectivity index is 2.12. The van der Waals surface area contributed by atoms with Crippen molar-refractivity contribution in [3.63, 3.8) is 0 Å². The molecule has 8 nitrogen and oxygen atoms in total. The van der Waals surface area contributed by atoms with Gasteiger partial charge in [0, 0.05) is 37.9 Å². The summed E-state index contributed by atoms with van der Waals surface area (Å²) >= 11 is 6.05. The number of hydrogen-bond acceptors (Lipinski definition) is 6. The number of halogens is 4. The molecular formula is C20H27ClF3N5O3. The minimum Gasteiger partial charge on any atom is -0.463 e. The Morgan fingerprint density at radius 2 is 1.84 bits per heavy atom. The lowest BCUT2D eigenvalue weighted by Gasteiger charge is -2.38. The Morgan fingerprint density at radius 3 is 2.34 bits per heavy atom. The molecule has 2 N–H and O–H groups in total. The summed E-state index contributed by atoms with van der Waals surface area (Å²) in [5, 5.41) is 5.33. The zero-order valence-corrected chi connectivity index (χ0v) is 19.1. The van der Waals surface area contributed by atoms with Crippen LogP contribution in [0, 0.1) is 0 Å². The summed E-state index contributed by atoms with van der Waals surface area (Å²) < 4.78 is 43.5. The van der Waals surface area contributed by atoms with Gasteiger partial charge in [-0.15, -0.1) is 0 Å². The molecule has 0 spiro atoms. The Hall–Kier alpha value is -2.69. The molecule has 1 fully saturated rings. The van der Waals surface area contributed by atoms with E-state index in [0.717, 1.165) is 12.3 Å². The van der Waals surface area contributed by atoms with Gasteiger partial charge in [0.15, 0.2) is 0 Å². The van der Waals surface area contributed by atoms with Crippen molar-refractivity contribution in [2.75, 3.05) is 37.7 Å². The number of esters is 1. The number of rotatable bonds is 5. The number of aromatic nitrogens is 1. The number of ether oxygens (including phenoxy) is 1. The van der Waals surface area contributed by atoms with Gasteiger partial charge in [-0.05, 0) is 33.8 Å². The highest BCUT2D eigenvalue weighted by Gasteiger charge is 2.32. The van der Waals surface area contributed by atoms with E-state index < -0.39 is 29.3 Å². The second-order valence-electron chi connectivity index (χ2n) is 8.11. The summed E-state index contributed by atoms with van der Waals surface area (Å²) in [6, 6.07) is 0.365. The fraction of sp³-hybridized carbons (Fsp3) is 0.550. The molecule has 0 aliphatic carbocycles. The number of nitrogens with zero attached hydrogens (tertiary/aromatic N) is 3. The minimum absolute atomic E-state index is 0.0988. The first-order valence-electron chi connectivity index (χ1n) is 10.0. The van der Waals surface area contributed by atoms with E-state index in [-0.39, 0.29) is 23.3 Å². The van der Waals surface area contributed by atoms with Crippen molar-refractivity contribution < 1.29 is 27.5 Å². The van der Waals surface area contributed by atoms with E-state index in [1.807, 2.05) is 20.8 Å². The van der Waals surface area contributed by atoms with Crippen molar-refractivity contribution in [3.8, 4) is 0 Å². The standard InChI is InChI=1S/C20H27ClF3N5O3/c1-5-32-16(30)11-15(26-18(31)27-19(2,3)4)28-6-8-29(9-7-28)17-14(21)10-13(12-25-17)20(22,23)24/h10-12H,5-9H2,1-4H3,(H2,26,27,31)/b15-11+. The Labute approximate surface area is 189 Å². The number of pyridine rings is 1. The first kappa shape index (κ1) is 25.6. The number of amides is 2. The Morgan fingerprint density at radius 1 is 1.22 bits per heavy atom. The fourth-order valence-corrected chi connectivity index (χ4v) is 3.25. The van der Waals surface area contributed by atoms with Gasteiger partial charge in [-0.3, -0.25) is 5.32 Å². The highest BCUT2D eigenvalue weighted by atomic mass is 35.5. The van der Waals surface area contributed by atoms with Gasteiger partial charge in [0.1, 0.15) is 11.6 Å². The second kappa shape index (κ2) is 10.3. The average molecular weight is 478 g/mol. The van der Waals surface area contributed by atoms with Crippen LogP contribution >= 0.6 is 11.6 Å². The van der Waals surface area contributed by atoms with Crippen LogP contribution in [0.1, 0.15) is 33.3 Å². The smallest absolute Gasteiger partial charge is 0.417 e. The third-order valence-corrected chi connectivity index (χ3v) is 4.62. The first-order chi connectivity index (χ1) is 14.8. The number of carbonyl (C=O) groups excluding carboxylic acids is 2. The average Bonchev–Trinajstić information content (AvgIpc) is 2.65. The zero-order chi connectivity index (χ0) is 24.1. The van der Waals surface area contributed by atoms with E-state index in [9.17, 15) is 22.8 Å². The number of piperazine rings is 1. The van der Waals surface area contributed by atoms with E-state index in [0.29, 0.717) is 26.2 Å². The molecular weight excluding hydrogens is 451 g/mol. The molecule has 0 saturated carbocycles. The van der Waals surface area contributed by atoms with E-state index in [1.54, 1.807) is 16.7 Å².